The van der Waals surface area contributed by atoms with Crippen molar-refractivity contribution in [2.75, 3.05) is 13.4 Å². The molecule has 0 bridgehead atoms. The number of ketones is 1. The van der Waals surface area contributed by atoms with E-state index in [9.17, 15) is 9.59 Å². The van der Waals surface area contributed by atoms with Gasteiger partial charge in [-0.2, -0.15) is 0 Å². The molecule has 0 saturated carbocycles. The molecule has 2 heterocycles. The highest BCUT2D eigenvalue weighted by molar-refractivity contribution is 7.14. The number of Topliss-reactive ketones (excluding diaryl/α,β-unsaturated/α-hetero) is 1. The SMILES string of the molecule is C[C@@H]1CCc2sc(C(=O)OCC(=O)c3ccc4c(c3)OCO4)cc2C1. The Hall–Kier alpha value is -2.34. The molecular formula is C19H18O5S. The van der Waals surface area contributed by atoms with E-state index in [1.807, 2.05) is 6.07 Å². The van der Waals surface area contributed by atoms with E-state index in [1.54, 1.807) is 18.2 Å². The second-order valence-corrected chi connectivity index (χ2v) is 7.61. The van der Waals surface area contributed by atoms with Gasteiger partial charge in [0, 0.05) is 10.4 Å². The summed E-state index contributed by atoms with van der Waals surface area (Å²) in [6, 6.07) is 6.87. The lowest BCUT2D eigenvalue weighted by Crippen LogP contribution is -2.13. The summed E-state index contributed by atoms with van der Waals surface area (Å²) in [5, 5.41) is 0. The number of esters is 1. The highest BCUT2D eigenvalue weighted by Gasteiger charge is 2.22. The van der Waals surface area contributed by atoms with Gasteiger partial charge in [-0.3, -0.25) is 4.79 Å². The topological polar surface area (TPSA) is 61.8 Å². The fourth-order valence-corrected chi connectivity index (χ4v) is 4.26. The number of carbonyl (C=O) groups excluding carboxylic acids is 2. The van der Waals surface area contributed by atoms with Crippen molar-refractivity contribution in [3.8, 4) is 11.5 Å². The summed E-state index contributed by atoms with van der Waals surface area (Å²) in [5.41, 5.74) is 1.69. The molecule has 1 atom stereocenters. The standard InChI is InChI=1S/C19H18O5S/c1-11-2-5-17-13(6-11)8-18(25-17)19(21)22-9-14(20)12-3-4-15-16(7-12)24-10-23-15/h3-4,7-8,11H,2,5-6,9-10H2,1H3/t11-/m1/s1. The van der Waals surface area contributed by atoms with E-state index in [2.05, 4.69) is 6.92 Å². The zero-order valence-corrected chi connectivity index (χ0v) is 14.7. The molecule has 1 aliphatic heterocycles. The first-order chi connectivity index (χ1) is 12.1. The molecule has 4 rings (SSSR count). The first-order valence-corrected chi connectivity index (χ1v) is 9.13. The van der Waals surface area contributed by atoms with Gasteiger partial charge in [-0.15, -0.1) is 11.3 Å². The molecule has 0 fully saturated rings. The molecule has 130 valence electrons. The molecule has 6 heteroatoms. The first-order valence-electron chi connectivity index (χ1n) is 8.31. The van der Waals surface area contributed by atoms with E-state index >= 15 is 0 Å². The van der Waals surface area contributed by atoms with Crippen molar-refractivity contribution in [3.63, 3.8) is 0 Å². The molecule has 0 unspecified atom stereocenters. The summed E-state index contributed by atoms with van der Waals surface area (Å²) >= 11 is 1.49. The van der Waals surface area contributed by atoms with E-state index in [4.69, 9.17) is 14.2 Å². The highest BCUT2D eigenvalue weighted by atomic mass is 32.1. The minimum atomic E-state index is -0.429. The second kappa shape index (κ2) is 6.52. The van der Waals surface area contributed by atoms with E-state index in [0.29, 0.717) is 27.9 Å². The van der Waals surface area contributed by atoms with Crippen LogP contribution < -0.4 is 9.47 Å². The van der Waals surface area contributed by atoms with Gasteiger partial charge in [0.2, 0.25) is 6.79 Å². The quantitative estimate of drug-likeness (QED) is 0.617. The molecule has 0 spiro atoms. The lowest BCUT2D eigenvalue weighted by molar-refractivity contribution is 0.0479. The van der Waals surface area contributed by atoms with E-state index in [-0.39, 0.29) is 19.2 Å². The number of fused-ring (bicyclic) bond motifs is 2. The molecule has 1 aromatic carbocycles. The van der Waals surface area contributed by atoms with Crippen LogP contribution in [0.25, 0.3) is 0 Å². The lowest BCUT2D eigenvalue weighted by atomic mass is 9.90. The van der Waals surface area contributed by atoms with Crippen molar-refractivity contribution in [3.05, 3.63) is 45.1 Å². The molecule has 25 heavy (non-hydrogen) atoms. The van der Waals surface area contributed by atoms with Gasteiger partial charge in [-0.25, -0.2) is 4.79 Å². The summed E-state index contributed by atoms with van der Waals surface area (Å²) in [7, 11) is 0. The second-order valence-electron chi connectivity index (χ2n) is 6.47. The maximum atomic E-state index is 12.3. The van der Waals surface area contributed by atoms with Crippen molar-refractivity contribution in [2.24, 2.45) is 5.92 Å². The smallest absolute Gasteiger partial charge is 0.348 e. The monoisotopic (exact) mass is 358 g/mol. The maximum absolute atomic E-state index is 12.3. The number of hydrogen-bond donors (Lipinski definition) is 0. The minimum Gasteiger partial charge on any atom is -0.454 e. The lowest BCUT2D eigenvalue weighted by Gasteiger charge is -2.16. The molecule has 0 radical (unpaired) electrons. The zero-order valence-electron chi connectivity index (χ0n) is 13.9. The van der Waals surface area contributed by atoms with Gasteiger partial charge in [0.15, 0.2) is 23.9 Å². The Morgan fingerprint density at radius 3 is 2.96 bits per heavy atom. The van der Waals surface area contributed by atoms with Crippen molar-refractivity contribution >= 4 is 23.1 Å². The van der Waals surface area contributed by atoms with Crippen LogP contribution in [0.3, 0.4) is 0 Å². The summed E-state index contributed by atoms with van der Waals surface area (Å²) in [6.07, 6.45) is 3.18. The van der Waals surface area contributed by atoms with Gasteiger partial charge >= 0.3 is 5.97 Å². The van der Waals surface area contributed by atoms with Crippen molar-refractivity contribution in [1.82, 2.24) is 0 Å². The summed E-state index contributed by atoms with van der Waals surface area (Å²) in [5.74, 6) is 1.12. The number of hydrogen-bond acceptors (Lipinski definition) is 6. The van der Waals surface area contributed by atoms with Gasteiger partial charge in [-0.1, -0.05) is 6.92 Å². The molecule has 1 aromatic heterocycles. The van der Waals surface area contributed by atoms with Crippen LogP contribution in [0.4, 0.5) is 0 Å². The molecule has 0 N–H and O–H groups in total. The molecule has 1 aliphatic carbocycles. The van der Waals surface area contributed by atoms with Crippen LogP contribution in [0.1, 0.15) is 43.8 Å². The van der Waals surface area contributed by atoms with Crippen molar-refractivity contribution < 1.29 is 23.8 Å². The molecule has 2 aromatic rings. The van der Waals surface area contributed by atoms with Gasteiger partial charge in [0.25, 0.3) is 0 Å². The van der Waals surface area contributed by atoms with E-state index < -0.39 is 5.97 Å². The third kappa shape index (κ3) is 3.26. The Morgan fingerprint density at radius 2 is 2.08 bits per heavy atom. The number of ether oxygens (including phenoxy) is 3. The number of thiophene rings is 1. The largest absolute Gasteiger partial charge is 0.454 e. The maximum Gasteiger partial charge on any atom is 0.348 e. The van der Waals surface area contributed by atoms with Crippen molar-refractivity contribution in [1.29, 1.82) is 0 Å². The minimum absolute atomic E-state index is 0.156. The van der Waals surface area contributed by atoms with Crippen LogP contribution in [0.15, 0.2) is 24.3 Å². The third-order valence-corrected chi connectivity index (χ3v) is 5.78. The molecule has 2 aliphatic rings. The number of rotatable bonds is 4. The van der Waals surface area contributed by atoms with Crippen LogP contribution in [-0.2, 0) is 17.6 Å². The Bertz CT molecular complexity index is 838. The Morgan fingerprint density at radius 1 is 1.24 bits per heavy atom. The molecule has 5 nitrogen and oxygen atoms in total. The highest BCUT2D eigenvalue weighted by Crippen LogP contribution is 2.33. The molecule has 0 amide bonds. The van der Waals surface area contributed by atoms with Gasteiger partial charge in [0.1, 0.15) is 4.88 Å². The summed E-state index contributed by atoms with van der Waals surface area (Å²) < 4.78 is 15.7. The Labute approximate surface area is 149 Å². The number of benzene rings is 1. The Kier molecular flexibility index (Phi) is 4.21. The van der Waals surface area contributed by atoms with Crippen LogP contribution >= 0.6 is 11.3 Å². The zero-order chi connectivity index (χ0) is 17.4. The van der Waals surface area contributed by atoms with E-state index in [0.717, 1.165) is 19.3 Å². The van der Waals surface area contributed by atoms with Crippen LogP contribution in [0.5, 0.6) is 11.5 Å². The average molecular weight is 358 g/mol. The molecule has 0 saturated heterocycles. The fourth-order valence-electron chi connectivity index (χ4n) is 3.16. The summed E-state index contributed by atoms with van der Waals surface area (Å²) in [6.45, 7) is 2.10. The van der Waals surface area contributed by atoms with E-state index in [1.165, 1.54) is 21.8 Å². The summed E-state index contributed by atoms with van der Waals surface area (Å²) in [4.78, 5) is 26.4. The predicted molar refractivity (Wildman–Crippen MR) is 92.7 cm³/mol. The van der Waals surface area contributed by atoms with Crippen LogP contribution in [0, 0.1) is 5.92 Å². The number of carbonyl (C=O) groups is 2. The number of aryl methyl sites for hydroxylation is 1. The van der Waals surface area contributed by atoms with Crippen LogP contribution in [0.2, 0.25) is 0 Å². The average Bonchev–Trinajstić information content (AvgIpc) is 3.24. The normalized spacial score (nSPS) is 17.9. The molecular weight excluding hydrogens is 340 g/mol. The predicted octanol–water partition coefficient (Wildman–Crippen LogP) is 3.64. The van der Waals surface area contributed by atoms with Gasteiger partial charge in [-0.05, 0) is 55.0 Å². The Balaban J connectivity index is 1.39. The van der Waals surface area contributed by atoms with Crippen LogP contribution in [-0.4, -0.2) is 25.2 Å². The third-order valence-electron chi connectivity index (χ3n) is 4.56. The van der Waals surface area contributed by atoms with Gasteiger partial charge < -0.3 is 14.2 Å². The fraction of sp³-hybridized carbons (Fsp3) is 0.368. The first kappa shape index (κ1) is 16.1. The van der Waals surface area contributed by atoms with Crippen molar-refractivity contribution in [2.45, 2.75) is 26.2 Å². The van der Waals surface area contributed by atoms with Gasteiger partial charge in [0.05, 0.1) is 0 Å².